The van der Waals surface area contributed by atoms with E-state index in [-0.39, 0.29) is 23.4 Å². The number of hydrogen-bond donors (Lipinski definition) is 4. The van der Waals surface area contributed by atoms with Crippen molar-refractivity contribution in [3.05, 3.63) is 59.0 Å². The van der Waals surface area contributed by atoms with Gasteiger partial charge in [0.15, 0.2) is 0 Å². The van der Waals surface area contributed by atoms with Crippen LogP contribution in [0.5, 0.6) is 5.75 Å². The topological polar surface area (TPSA) is 102 Å². The van der Waals surface area contributed by atoms with Crippen molar-refractivity contribution < 1.29 is 9.50 Å². The highest BCUT2D eigenvalue weighted by Crippen LogP contribution is 2.49. The summed E-state index contributed by atoms with van der Waals surface area (Å²) < 4.78 is 16.1. The van der Waals surface area contributed by atoms with E-state index in [0.29, 0.717) is 17.3 Å². The SMILES string of the molecule is CC.Cc1cc(-n2c(C(C)C)c(C3CC(/C(N)=N/NN)C3)c3cc(O)ccc32)ccc1F. The molecule has 0 bridgehead atoms. The van der Waals surface area contributed by atoms with Gasteiger partial charge in [-0.15, -0.1) is 0 Å². The van der Waals surface area contributed by atoms with Crippen molar-refractivity contribution in [1.82, 2.24) is 10.1 Å². The van der Waals surface area contributed by atoms with Crippen molar-refractivity contribution in [2.45, 2.75) is 59.3 Å². The molecule has 3 aromatic rings. The molecule has 172 valence electrons. The Labute approximate surface area is 189 Å². The molecule has 0 unspecified atom stereocenters. The zero-order chi connectivity index (χ0) is 23.6. The van der Waals surface area contributed by atoms with E-state index in [1.807, 2.05) is 38.1 Å². The van der Waals surface area contributed by atoms with Crippen LogP contribution in [0.1, 0.15) is 69.2 Å². The number of hydrazine groups is 1. The smallest absolute Gasteiger partial charge is 0.126 e. The first-order chi connectivity index (χ1) is 15.3. The van der Waals surface area contributed by atoms with Gasteiger partial charge in [0.05, 0.1) is 5.52 Å². The summed E-state index contributed by atoms with van der Waals surface area (Å²) in [7, 11) is 0. The fraction of sp³-hybridized carbons (Fsp3) is 0.400. The summed E-state index contributed by atoms with van der Waals surface area (Å²) >= 11 is 0. The van der Waals surface area contributed by atoms with Crippen LogP contribution in [0.25, 0.3) is 16.6 Å². The van der Waals surface area contributed by atoms with Gasteiger partial charge < -0.3 is 15.4 Å². The highest BCUT2D eigenvalue weighted by molar-refractivity contribution is 5.90. The fourth-order valence-electron chi connectivity index (χ4n) is 4.63. The van der Waals surface area contributed by atoms with Gasteiger partial charge in [-0.3, -0.25) is 0 Å². The van der Waals surface area contributed by atoms with Gasteiger partial charge in [0.25, 0.3) is 0 Å². The van der Waals surface area contributed by atoms with Gasteiger partial charge >= 0.3 is 0 Å². The first kappa shape index (κ1) is 23.6. The number of benzene rings is 2. The Hall–Kier alpha value is -3.06. The predicted molar refractivity (Wildman–Crippen MR) is 129 cm³/mol. The molecule has 4 rings (SSSR count). The van der Waals surface area contributed by atoms with Crippen molar-refractivity contribution in [1.29, 1.82) is 0 Å². The third kappa shape index (κ3) is 4.17. The Morgan fingerprint density at radius 2 is 1.88 bits per heavy atom. The van der Waals surface area contributed by atoms with Gasteiger partial charge in [-0.25, -0.2) is 15.8 Å². The van der Waals surface area contributed by atoms with Crippen molar-refractivity contribution in [3.8, 4) is 11.4 Å². The number of aromatic hydroxyl groups is 1. The van der Waals surface area contributed by atoms with Gasteiger partial charge in [-0.1, -0.05) is 27.7 Å². The van der Waals surface area contributed by atoms with Crippen LogP contribution in [-0.2, 0) is 0 Å². The highest BCUT2D eigenvalue weighted by Gasteiger charge is 2.37. The van der Waals surface area contributed by atoms with Crippen molar-refractivity contribution in [2.75, 3.05) is 0 Å². The normalized spacial score (nSPS) is 18.3. The van der Waals surface area contributed by atoms with E-state index in [1.54, 1.807) is 13.0 Å². The average molecular weight is 440 g/mol. The number of nitrogens with zero attached hydrogens (tertiary/aromatic N) is 2. The Morgan fingerprint density at radius 1 is 1.19 bits per heavy atom. The quantitative estimate of drug-likeness (QED) is 0.191. The number of phenolic OH excluding ortho intramolecular Hbond substituents is 1. The van der Waals surface area contributed by atoms with Gasteiger partial charge in [0.2, 0.25) is 0 Å². The maximum atomic E-state index is 13.9. The van der Waals surface area contributed by atoms with E-state index in [0.717, 1.165) is 29.4 Å². The third-order valence-electron chi connectivity index (χ3n) is 6.13. The summed E-state index contributed by atoms with van der Waals surface area (Å²) in [6, 6.07) is 10.7. The molecule has 1 saturated carbocycles. The summed E-state index contributed by atoms with van der Waals surface area (Å²) in [4.78, 5) is 0. The van der Waals surface area contributed by atoms with Gasteiger partial charge in [-0.05, 0) is 79.1 Å². The summed E-state index contributed by atoms with van der Waals surface area (Å²) in [6.45, 7) is 10.1. The van der Waals surface area contributed by atoms with E-state index in [4.69, 9.17) is 11.6 Å². The number of nitrogens with one attached hydrogen (secondary N) is 1. The molecule has 0 radical (unpaired) electrons. The number of halogens is 1. The van der Waals surface area contributed by atoms with Gasteiger partial charge in [0.1, 0.15) is 17.4 Å². The van der Waals surface area contributed by atoms with E-state index in [9.17, 15) is 9.50 Å². The number of nitrogens with two attached hydrogens (primary N) is 2. The lowest BCUT2D eigenvalue weighted by molar-refractivity contribution is 0.340. The molecule has 0 saturated heterocycles. The van der Waals surface area contributed by atoms with Crippen LogP contribution in [0.4, 0.5) is 4.39 Å². The Morgan fingerprint density at radius 3 is 2.47 bits per heavy atom. The number of aryl methyl sites for hydroxylation is 1. The van der Waals surface area contributed by atoms with Crippen LogP contribution in [0.2, 0.25) is 0 Å². The summed E-state index contributed by atoms with van der Waals surface area (Å²) in [5.41, 5.74) is 13.2. The van der Waals surface area contributed by atoms with E-state index >= 15 is 0 Å². The molecule has 0 atom stereocenters. The first-order valence-corrected chi connectivity index (χ1v) is 11.2. The maximum Gasteiger partial charge on any atom is 0.126 e. The minimum atomic E-state index is -0.218. The lowest BCUT2D eigenvalue weighted by Gasteiger charge is -2.36. The predicted octanol–water partition coefficient (Wildman–Crippen LogP) is 5.16. The Kier molecular flexibility index (Phi) is 7.09. The van der Waals surface area contributed by atoms with Crippen molar-refractivity contribution in [2.24, 2.45) is 22.6 Å². The highest BCUT2D eigenvalue weighted by atomic mass is 19.1. The lowest BCUT2D eigenvalue weighted by atomic mass is 9.69. The molecule has 32 heavy (non-hydrogen) atoms. The number of rotatable bonds is 5. The second-order valence-electron chi connectivity index (χ2n) is 8.45. The zero-order valence-electron chi connectivity index (χ0n) is 19.5. The van der Waals surface area contributed by atoms with E-state index in [1.165, 1.54) is 17.3 Å². The van der Waals surface area contributed by atoms with Crippen LogP contribution >= 0.6 is 0 Å². The second-order valence-corrected chi connectivity index (χ2v) is 8.45. The van der Waals surface area contributed by atoms with Crippen molar-refractivity contribution in [3.63, 3.8) is 0 Å². The van der Waals surface area contributed by atoms with Crippen LogP contribution in [0.15, 0.2) is 41.5 Å². The summed E-state index contributed by atoms with van der Waals surface area (Å²) in [6.07, 6.45) is 1.74. The monoisotopic (exact) mass is 439 g/mol. The number of fused-ring (bicyclic) bond motifs is 1. The van der Waals surface area contributed by atoms with Crippen LogP contribution < -0.4 is 17.1 Å². The maximum absolute atomic E-state index is 13.9. The number of aromatic nitrogens is 1. The Balaban J connectivity index is 0.00000141. The van der Waals surface area contributed by atoms with Gasteiger partial charge in [-0.2, -0.15) is 5.10 Å². The van der Waals surface area contributed by atoms with Crippen molar-refractivity contribution >= 4 is 16.7 Å². The lowest BCUT2D eigenvalue weighted by Crippen LogP contribution is -2.36. The number of phenols is 1. The fourth-order valence-corrected chi connectivity index (χ4v) is 4.63. The van der Waals surface area contributed by atoms with Crippen LogP contribution in [-0.4, -0.2) is 15.5 Å². The molecule has 1 heterocycles. The molecule has 1 aliphatic carbocycles. The molecule has 0 spiro atoms. The van der Waals surface area contributed by atoms with Gasteiger partial charge in [0, 0.05) is 22.7 Å². The largest absolute Gasteiger partial charge is 0.508 e. The molecule has 1 aromatic heterocycles. The average Bonchev–Trinajstić information content (AvgIpc) is 3.05. The summed E-state index contributed by atoms with van der Waals surface area (Å²) in [5.74, 6) is 6.50. The minimum absolute atomic E-state index is 0.176. The standard InChI is InChI=1S/C23H28FN5O.C2H6/c1-12(2)22-21(14-9-15(10-14)23(25)27-28-26)18-11-17(30)5-7-20(18)29(22)16-4-6-19(24)13(3)8-16;1-2/h4-8,11-12,14-15,28,30H,9-10,26H2,1-3H3,(H2,25,27);1-2H3. The molecule has 7 heteroatoms. The molecule has 1 fully saturated rings. The number of hydrazone groups is 1. The second kappa shape index (κ2) is 9.61. The molecule has 0 amide bonds. The molecule has 6 nitrogen and oxygen atoms in total. The molecular formula is C25H34FN5O. The van der Waals surface area contributed by atoms with E-state index in [2.05, 4.69) is 29.1 Å². The molecule has 6 N–H and O–H groups in total. The molecule has 2 aromatic carbocycles. The van der Waals surface area contributed by atoms with E-state index < -0.39 is 0 Å². The minimum Gasteiger partial charge on any atom is -0.508 e. The molecule has 0 aliphatic heterocycles. The van der Waals surface area contributed by atoms with Crippen LogP contribution in [0, 0.1) is 18.7 Å². The molecule has 1 aliphatic rings. The number of amidine groups is 1. The molecular weight excluding hydrogens is 405 g/mol. The van der Waals surface area contributed by atoms with Crippen LogP contribution in [0.3, 0.4) is 0 Å². The first-order valence-electron chi connectivity index (χ1n) is 11.2. The summed E-state index contributed by atoms with van der Waals surface area (Å²) in [5, 5.41) is 15.2. The zero-order valence-corrected chi connectivity index (χ0v) is 19.5. The third-order valence-corrected chi connectivity index (χ3v) is 6.13. The number of hydrogen-bond acceptors (Lipinski definition) is 4. The Bertz CT molecular complexity index is 1130.